The van der Waals surface area contributed by atoms with Crippen LogP contribution in [0.5, 0.6) is 0 Å². The molecule has 0 aromatic carbocycles. The van der Waals surface area contributed by atoms with Crippen LogP contribution in [0.4, 0.5) is 4.79 Å². The number of nitrogens with one attached hydrogen (secondary N) is 2. The molecule has 7 nitrogen and oxygen atoms in total. The van der Waals surface area contributed by atoms with Crippen molar-refractivity contribution < 1.29 is 23.1 Å². The summed E-state index contributed by atoms with van der Waals surface area (Å²) in [6.07, 6.45) is 2.89. The Balaban J connectivity index is 1.72. The molecule has 1 saturated carbocycles. The molecule has 2 rings (SSSR count). The van der Waals surface area contributed by atoms with E-state index in [2.05, 4.69) is 10.6 Å². The van der Waals surface area contributed by atoms with Gasteiger partial charge in [0.25, 0.3) is 0 Å². The predicted octanol–water partition coefficient (Wildman–Crippen LogP) is 0.116. The number of hydrogen-bond donors (Lipinski definition) is 3. The highest BCUT2D eigenvalue weighted by molar-refractivity contribution is 7.91. The van der Waals surface area contributed by atoms with E-state index in [4.69, 9.17) is 5.11 Å². The molecule has 0 spiro atoms. The molecule has 1 atom stereocenters. The van der Waals surface area contributed by atoms with Gasteiger partial charge >= 0.3 is 12.0 Å². The number of carboxylic acid groups (broad SMARTS) is 1. The quantitative estimate of drug-likeness (QED) is 0.685. The minimum Gasteiger partial charge on any atom is -0.481 e. The molecule has 0 aromatic rings. The molecule has 1 aliphatic heterocycles. The van der Waals surface area contributed by atoms with Gasteiger partial charge in [-0.05, 0) is 32.1 Å². The van der Waals surface area contributed by atoms with Crippen molar-refractivity contribution in [3.05, 3.63) is 0 Å². The van der Waals surface area contributed by atoms with Crippen LogP contribution in [0.3, 0.4) is 0 Å². The zero-order chi connectivity index (χ0) is 14.8. The highest BCUT2D eigenvalue weighted by Crippen LogP contribution is 2.24. The smallest absolute Gasteiger partial charge is 0.315 e. The van der Waals surface area contributed by atoms with Crippen LogP contribution < -0.4 is 10.6 Å². The van der Waals surface area contributed by atoms with Crippen LogP contribution in [0.25, 0.3) is 0 Å². The van der Waals surface area contributed by atoms with Crippen molar-refractivity contribution in [1.29, 1.82) is 0 Å². The van der Waals surface area contributed by atoms with Gasteiger partial charge < -0.3 is 15.7 Å². The van der Waals surface area contributed by atoms with E-state index >= 15 is 0 Å². The Morgan fingerprint density at radius 1 is 0.950 bits per heavy atom. The van der Waals surface area contributed by atoms with Crippen LogP contribution in [0.1, 0.15) is 32.1 Å². The SMILES string of the molecule is O=C(NC1CCC(C(=O)O)CC1)NC1CCS(=O)(=O)C1. The average molecular weight is 304 g/mol. The highest BCUT2D eigenvalue weighted by Gasteiger charge is 2.30. The molecule has 1 saturated heterocycles. The van der Waals surface area contributed by atoms with Gasteiger partial charge in [0.05, 0.1) is 17.4 Å². The Morgan fingerprint density at radius 3 is 2.05 bits per heavy atom. The lowest BCUT2D eigenvalue weighted by molar-refractivity contribution is -0.142. The molecule has 20 heavy (non-hydrogen) atoms. The van der Waals surface area contributed by atoms with Crippen molar-refractivity contribution in [2.45, 2.75) is 44.2 Å². The normalized spacial score (nSPS) is 32.5. The van der Waals surface area contributed by atoms with Gasteiger partial charge in [-0.1, -0.05) is 0 Å². The van der Waals surface area contributed by atoms with E-state index in [1.165, 1.54) is 0 Å². The van der Waals surface area contributed by atoms with Crippen LogP contribution >= 0.6 is 0 Å². The fraction of sp³-hybridized carbons (Fsp3) is 0.833. The molecule has 0 bridgehead atoms. The topological polar surface area (TPSA) is 113 Å². The summed E-state index contributed by atoms with van der Waals surface area (Å²) < 4.78 is 22.6. The lowest BCUT2D eigenvalue weighted by Crippen LogP contribution is -2.47. The van der Waals surface area contributed by atoms with Crippen molar-refractivity contribution in [3.63, 3.8) is 0 Å². The van der Waals surface area contributed by atoms with Crippen LogP contribution in [0, 0.1) is 5.92 Å². The number of aliphatic carboxylic acids is 1. The first-order valence-electron chi connectivity index (χ1n) is 6.86. The van der Waals surface area contributed by atoms with Crippen LogP contribution in [0.2, 0.25) is 0 Å². The molecular formula is C12H20N2O5S. The summed E-state index contributed by atoms with van der Waals surface area (Å²) in [5.74, 6) is -0.950. The van der Waals surface area contributed by atoms with E-state index in [0.717, 1.165) is 0 Å². The van der Waals surface area contributed by atoms with Gasteiger partial charge in [0.15, 0.2) is 9.84 Å². The first-order valence-corrected chi connectivity index (χ1v) is 8.68. The molecule has 1 unspecified atom stereocenters. The monoisotopic (exact) mass is 304 g/mol. The molecule has 1 heterocycles. The van der Waals surface area contributed by atoms with Gasteiger partial charge in [0.1, 0.15) is 0 Å². The molecule has 8 heteroatoms. The molecule has 114 valence electrons. The number of urea groups is 1. The molecule has 2 fully saturated rings. The Labute approximate surface area is 118 Å². The minimum absolute atomic E-state index is 0.00613. The zero-order valence-corrected chi connectivity index (χ0v) is 12.0. The van der Waals surface area contributed by atoms with Crippen molar-refractivity contribution in [2.24, 2.45) is 5.92 Å². The summed E-state index contributed by atoms with van der Waals surface area (Å²) in [5.41, 5.74) is 0. The summed E-state index contributed by atoms with van der Waals surface area (Å²) in [7, 11) is -3.00. The summed E-state index contributed by atoms with van der Waals surface area (Å²) >= 11 is 0. The van der Waals surface area contributed by atoms with Crippen molar-refractivity contribution in [3.8, 4) is 0 Å². The maximum absolute atomic E-state index is 11.8. The van der Waals surface area contributed by atoms with E-state index in [9.17, 15) is 18.0 Å². The lowest BCUT2D eigenvalue weighted by Gasteiger charge is -2.27. The molecule has 3 N–H and O–H groups in total. The number of rotatable bonds is 3. The fourth-order valence-electron chi connectivity index (χ4n) is 2.81. The van der Waals surface area contributed by atoms with E-state index in [-0.39, 0.29) is 35.5 Å². The minimum atomic E-state index is -3.00. The fourth-order valence-corrected chi connectivity index (χ4v) is 4.48. The second kappa shape index (κ2) is 5.99. The summed E-state index contributed by atoms with van der Waals surface area (Å²) in [4.78, 5) is 22.6. The third-order valence-corrected chi connectivity index (χ3v) is 5.75. The number of carbonyl (C=O) groups excluding carboxylic acids is 1. The summed E-state index contributed by atoms with van der Waals surface area (Å²) in [6, 6.07) is -0.690. The van der Waals surface area contributed by atoms with E-state index < -0.39 is 15.8 Å². The Hall–Kier alpha value is -1.31. The average Bonchev–Trinajstić information content (AvgIpc) is 2.69. The predicted molar refractivity (Wildman–Crippen MR) is 72.1 cm³/mol. The van der Waals surface area contributed by atoms with E-state index in [1.807, 2.05) is 0 Å². The van der Waals surface area contributed by atoms with Crippen LogP contribution in [0.15, 0.2) is 0 Å². The second-order valence-corrected chi connectivity index (χ2v) is 7.83. The number of carbonyl (C=O) groups is 2. The zero-order valence-electron chi connectivity index (χ0n) is 11.2. The van der Waals surface area contributed by atoms with Crippen LogP contribution in [-0.2, 0) is 14.6 Å². The third kappa shape index (κ3) is 4.09. The summed E-state index contributed by atoms with van der Waals surface area (Å²) in [5, 5.41) is 14.4. The first kappa shape index (κ1) is 15.1. The first-order chi connectivity index (χ1) is 9.35. The second-order valence-electron chi connectivity index (χ2n) is 5.60. The molecule has 0 aromatic heterocycles. The number of carboxylic acids is 1. The van der Waals surface area contributed by atoms with Gasteiger partial charge in [-0.2, -0.15) is 0 Å². The molecule has 2 amide bonds. The number of amides is 2. The van der Waals surface area contributed by atoms with Crippen LogP contribution in [-0.4, -0.2) is 49.1 Å². The lowest BCUT2D eigenvalue weighted by atomic mass is 9.86. The maximum atomic E-state index is 11.8. The number of sulfone groups is 1. The summed E-state index contributed by atoms with van der Waals surface area (Å²) in [6.45, 7) is 0. The number of hydrogen-bond acceptors (Lipinski definition) is 4. The molecule has 2 aliphatic rings. The molecule has 0 radical (unpaired) electrons. The maximum Gasteiger partial charge on any atom is 0.315 e. The van der Waals surface area contributed by atoms with E-state index in [1.54, 1.807) is 0 Å². The van der Waals surface area contributed by atoms with Crippen molar-refractivity contribution >= 4 is 21.8 Å². The van der Waals surface area contributed by atoms with Crippen molar-refractivity contribution in [1.82, 2.24) is 10.6 Å². The van der Waals surface area contributed by atoms with Gasteiger partial charge in [-0.15, -0.1) is 0 Å². The van der Waals surface area contributed by atoms with Gasteiger partial charge in [-0.25, -0.2) is 13.2 Å². The van der Waals surface area contributed by atoms with E-state index in [0.29, 0.717) is 32.1 Å². The van der Waals surface area contributed by atoms with Crippen molar-refractivity contribution in [2.75, 3.05) is 11.5 Å². The third-order valence-electron chi connectivity index (χ3n) is 3.98. The molecule has 1 aliphatic carbocycles. The molecular weight excluding hydrogens is 284 g/mol. The largest absolute Gasteiger partial charge is 0.481 e. The Morgan fingerprint density at radius 2 is 1.55 bits per heavy atom. The van der Waals surface area contributed by atoms with Gasteiger partial charge in [0.2, 0.25) is 0 Å². The highest BCUT2D eigenvalue weighted by atomic mass is 32.2. The Kier molecular flexibility index (Phi) is 4.52. The Bertz CT molecular complexity index is 482. The van der Waals surface area contributed by atoms with Gasteiger partial charge in [-0.3, -0.25) is 4.79 Å². The van der Waals surface area contributed by atoms with Gasteiger partial charge in [0, 0.05) is 12.1 Å². The standard InChI is InChI=1S/C12H20N2O5S/c15-11(16)8-1-3-9(4-2-8)13-12(17)14-10-5-6-20(18,19)7-10/h8-10H,1-7H2,(H,15,16)(H2,13,14,17).